The largest absolute Gasteiger partial charge is 0.496 e. The zero-order chi connectivity index (χ0) is 14.0. The van der Waals surface area contributed by atoms with Gasteiger partial charge in [-0.2, -0.15) is 0 Å². The number of rotatable bonds is 6. The molecule has 0 aliphatic heterocycles. The normalized spacial score (nSPS) is 18.4. The van der Waals surface area contributed by atoms with Crippen LogP contribution in [0, 0.1) is 5.92 Å². The molecule has 2 N–H and O–H groups in total. The van der Waals surface area contributed by atoms with E-state index < -0.39 is 5.60 Å². The van der Waals surface area contributed by atoms with E-state index in [1.807, 2.05) is 13.1 Å². The SMILES string of the molecule is CNCC(O)(c1cc(C(C)C)ccc1OC)C1CC1. The van der Waals surface area contributed by atoms with Gasteiger partial charge in [0.25, 0.3) is 0 Å². The summed E-state index contributed by atoms with van der Waals surface area (Å²) in [6, 6.07) is 6.17. The molecule has 19 heavy (non-hydrogen) atoms. The molecule has 2 rings (SSSR count). The predicted molar refractivity (Wildman–Crippen MR) is 77.6 cm³/mol. The van der Waals surface area contributed by atoms with Crippen molar-refractivity contribution in [2.24, 2.45) is 5.92 Å². The van der Waals surface area contributed by atoms with Crippen LogP contribution < -0.4 is 10.1 Å². The van der Waals surface area contributed by atoms with Crippen molar-refractivity contribution in [1.29, 1.82) is 0 Å². The minimum absolute atomic E-state index is 0.344. The van der Waals surface area contributed by atoms with Crippen molar-refractivity contribution in [3.8, 4) is 5.75 Å². The second-order valence-electron chi connectivity index (χ2n) is 5.84. The van der Waals surface area contributed by atoms with Gasteiger partial charge < -0.3 is 15.2 Å². The molecule has 0 spiro atoms. The molecule has 1 unspecified atom stereocenters. The zero-order valence-corrected chi connectivity index (χ0v) is 12.4. The maximum Gasteiger partial charge on any atom is 0.125 e. The molecule has 3 heteroatoms. The number of methoxy groups -OCH3 is 1. The molecule has 0 amide bonds. The van der Waals surface area contributed by atoms with Gasteiger partial charge in [0.2, 0.25) is 0 Å². The lowest BCUT2D eigenvalue weighted by molar-refractivity contribution is 0.0130. The highest BCUT2D eigenvalue weighted by molar-refractivity contribution is 5.43. The van der Waals surface area contributed by atoms with E-state index in [4.69, 9.17) is 4.74 Å². The number of benzene rings is 1. The molecule has 0 radical (unpaired) electrons. The summed E-state index contributed by atoms with van der Waals surface area (Å²) in [4.78, 5) is 0. The fourth-order valence-electron chi connectivity index (χ4n) is 2.71. The lowest BCUT2D eigenvalue weighted by Gasteiger charge is -2.31. The van der Waals surface area contributed by atoms with Gasteiger partial charge >= 0.3 is 0 Å². The van der Waals surface area contributed by atoms with Crippen molar-refractivity contribution in [1.82, 2.24) is 5.32 Å². The van der Waals surface area contributed by atoms with Crippen LogP contribution in [0.3, 0.4) is 0 Å². The van der Waals surface area contributed by atoms with E-state index in [9.17, 15) is 5.11 Å². The van der Waals surface area contributed by atoms with Gasteiger partial charge in [0.15, 0.2) is 0 Å². The Morgan fingerprint density at radius 1 is 1.42 bits per heavy atom. The van der Waals surface area contributed by atoms with Crippen LogP contribution in [-0.2, 0) is 5.60 Å². The maximum atomic E-state index is 11.1. The molecule has 0 bridgehead atoms. The number of aliphatic hydroxyl groups is 1. The molecular formula is C16H25NO2. The Bertz CT molecular complexity index is 440. The topological polar surface area (TPSA) is 41.5 Å². The van der Waals surface area contributed by atoms with Gasteiger partial charge in [-0.25, -0.2) is 0 Å². The summed E-state index contributed by atoms with van der Waals surface area (Å²) >= 11 is 0. The first-order chi connectivity index (χ1) is 9.02. The van der Waals surface area contributed by atoms with Crippen LogP contribution in [0.25, 0.3) is 0 Å². The van der Waals surface area contributed by atoms with E-state index in [0.717, 1.165) is 24.2 Å². The summed E-state index contributed by atoms with van der Waals surface area (Å²) in [6.45, 7) is 4.90. The van der Waals surface area contributed by atoms with Gasteiger partial charge in [-0.3, -0.25) is 0 Å². The number of hydrogen-bond donors (Lipinski definition) is 2. The highest BCUT2D eigenvalue weighted by Crippen LogP contribution is 2.48. The molecule has 0 saturated heterocycles. The molecule has 1 fully saturated rings. The van der Waals surface area contributed by atoms with Crippen molar-refractivity contribution >= 4 is 0 Å². The van der Waals surface area contributed by atoms with Gasteiger partial charge in [0, 0.05) is 12.1 Å². The van der Waals surface area contributed by atoms with E-state index in [2.05, 4.69) is 31.3 Å². The van der Waals surface area contributed by atoms with Crippen molar-refractivity contribution < 1.29 is 9.84 Å². The van der Waals surface area contributed by atoms with Gasteiger partial charge in [-0.1, -0.05) is 19.9 Å². The highest BCUT2D eigenvalue weighted by atomic mass is 16.5. The highest BCUT2D eigenvalue weighted by Gasteiger charge is 2.46. The molecule has 1 aliphatic carbocycles. The first-order valence-electron chi connectivity index (χ1n) is 7.08. The third-order valence-corrected chi connectivity index (χ3v) is 4.06. The molecule has 1 aromatic carbocycles. The molecular weight excluding hydrogens is 238 g/mol. The van der Waals surface area contributed by atoms with Gasteiger partial charge in [0.1, 0.15) is 11.4 Å². The summed E-state index contributed by atoms with van der Waals surface area (Å²) in [6.07, 6.45) is 2.18. The smallest absolute Gasteiger partial charge is 0.125 e. The third kappa shape index (κ3) is 2.77. The summed E-state index contributed by atoms with van der Waals surface area (Å²) in [5, 5.41) is 14.2. The van der Waals surface area contributed by atoms with Crippen molar-refractivity contribution in [2.45, 2.75) is 38.2 Å². The first kappa shape index (κ1) is 14.4. The summed E-state index contributed by atoms with van der Waals surface area (Å²) < 4.78 is 5.46. The van der Waals surface area contributed by atoms with Gasteiger partial charge in [-0.15, -0.1) is 0 Å². The summed E-state index contributed by atoms with van der Waals surface area (Å²) in [5.74, 6) is 1.58. The fraction of sp³-hybridized carbons (Fsp3) is 0.625. The average Bonchev–Trinajstić information content (AvgIpc) is 3.22. The van der Waals surface area contributed by atoms with Crippen LogP contribution in [0.15, 0.2) is 18.2 Å². The second kappa shape index (κ2) is 5.51. The van der Waals surface area contributed by atoms with Gasteiger partial charge in [0.05, 0.1) is 7.11 Å². The maximum absolute atomic E-state index is 11.1. The molecule has 1 saturated carbocycles. The Hall–Kier alpha value is -1.06. The quantitative estimate of drug-likeness (QED) is 0.829. The van der Waals surface area contributed by atoms with Crippen LogP contribution >= 0.6 is 0 Å². The average molecular weight is 263 g/mol. The molecule has 1 aromatic rings. The Labute approximate surface area is 116 Å². The summed E-state index contributed by atoms with van der Waals surface area (Å²) in [5.41, 5.74) is 1.36. The van der Waals surface area contributed by atoms with Crippen LogP contribution in [-0.4, -0.2) is 25.8 Å². The van der Waals surface area contributed by atoms with E-state index in [-0.39, 0.29) is 0 Å². The Morgan fingerprint density at radius 2 is 2.11 bits per heavy atom. The molecule has 3 nitrogen and oxygen atoms in total. The minimum atomic E-state index is -0.814. The zero-order valence-electron chi connectivity index (χ0n) is 12.4. The number of hydrogen-bond acceptors (Lipinski definition) is 3. The van der Waals surface area contributed by atoms with Crippen molar-refractivity contribution in [3.63, 3.8) is 0 Å². The predicted octanol–water partition coefficient (Wildman–Crippen LogP) is 2.64. The van der Waals surface area contributed by atoms with Crippen LogP contribution in [0.5, 0.6) is 5.75 Å². The standard InChI is InChI=1S/C16H25NO2/c1-11(2)12-5-8-15(19-4)14(9-12)16(18,10-17-3)13-6-7-13/h5,8-9,11,13,17-18H,6-7,10H2,1-4H3. The number of likely N-dealkylation sites (N-methyl/N-ethyl adjacent to an activating group) is 1. The van der Waals surface area contributed by atoms with Crippen LogP contribution in [0.4, 0.5) is 0 Å². The first-order valence-corrected chi connectivity index (χ1v) is 7.08. The molecule has 106 valence electrons. The Morgan fingerprint density at radius 3 is 2.58 bits per heavy atom. The lowest BCUT2D eigenvalue weighted by Crippen LogP contribution is -2.39. The Balaban J connectivity index is 2.47. The molecule has 1 aliphatic rings. The Kier molecular flexibility index (Phi) is 4.16. The summed E-state index contributed by atoms with van der Waals surface area (Å²) in [7, 11) is 3.55. The van der Waals surface area contributed by atoms with E-state index >= 15 is 0 Å². The number of ether oxygens (including phenoxy) is 1. The van der Waals surface area contributed by atoms with Crippen molar-refractivity contribution in [2.75, 3.05) is 20.7 Å². The fourth-order valence-corrected chi connectivity index (χ4v) is 2.71. The monoisotopic (exact) mass is 263 g/mol. The lowest BCUT2D eigenvalue weighted by atomic mass is 9.85. The molecule has 0 heterocycles. The second-order valence-corrected chi connectivity index (χ2v) is 5.84. The number of nitrogens with one attached hydrogen (secondary N) is 1. The van der Waals surface area contributed by atoms with E-state index in [1.165, 1.54) is 5.56 Å². The van der Waals surface area contributed by atoms with E-state index in [0.29, 0.717) is 18.4 Å². The van der Waals surface area contributed by atoms with E-state index in [1.54, 1.807) is 7.11 Å². The minimum Gasteiger partial charge on any atom is -0.496 e. The third-order valence-electron chi connectivity index (χ3n) is 4.06. The van der Waals surface area contributed by atoms with Crippen LogP contribution in [0.2, 0.25) is 0 Å². The van der Waals surface area contributed by atoms with Gasteiger partial charge in [-0.05, 0) is 49.4 Å². The van der Waals surface area contributed by atoms with Crippen molar-refractivity contribution in [3.05, 3.63) is 29.3 Å². The molecule has 1 atom stereocenters. The molecule has 0 aromatic heterocycles. The van der Waals surface area contributed by atoms with Crippen LogP contribution in [0.1, 0.15) is 43.7 Å².